The monoisotopic (exact) mass is 455 g/mol. The number of methoxy groups -OCH3 is 2. The molecule has 0 atom stereocenters. The molecule has 0 spiro atoms. The highest BCUT2D eigenvalue weighted by molar-refractivity contribution is 4.56. The largest absolute Gasteiger partial charge is 1.00 e. The maximum atomic E-state index is 5.62. The van der Waals surface area contributed by atoms with E-state index in [1.165, 1.54) is 105 Å². The molecule has 0 aromatic rings. The lowest BCUT2D eigenvalue weighted by molar-refractivity contribution is -1.41. The molecule has 0 fully saturated rings. The number of ether oxygens (including phenoxy) is 2. The van der Waals surface area contributed by atoms with Gasteiger partial charge in [-0.3, -0.25) is 9.47 Å². The summed E-state index contributed by atoms with van der Waals surface area (Å²) in [5.41, 5.74) is 0. The molecule has 0 aromatic carbocycles. The Morgan fingerprint density at radius 3 is 1.07 bits per heavy atom. The third kappa shape index (κ3) is 11.6. The molecule has 0 rings (SSSR count). The molecule has 0 amide bonds. The Bertz CT molecular complexity index is 344. The van der Waals surface area contributed by atoms with Crippen molar-refractivity contribution in [3.05, 3.63) is 0 Å². The summed E-state index contributed by atoms with van der Waals surface area (Å²) in [7, 11) is 7.68. The minimum atomic E-state index is -1.14. The maximum absolute atomic E-state index is 5.62. The molecule has 0 N–H and O–H groups in total. The van der Waals surface area contributed by atoms with Crippen molar-refractivity contribution in [2.24, 2.45) is 0 Å². The fourth-order valence-electron chi connectivity index (χ4n) is 4.01. The standard InChI is InChI=1S/C23H50NO5.ClH/c1-7-8-9-10-11-12-13-14-15-16-17-18-19-20-21-22-23(25-2,26-3)24(27-4,28-5)29-6;/h7-22H2,1-6H3;1H/q+1;/p-1. The van der Waals surface area contributed by atoms with Crippen molar-refractivity contribution in [3.8, 4) is 0 Å². The number of quaternary nitrogens is 1. The first-order chi connectivity index (χ1) is 14.1. The quantitative estimate of drug-likeness (QED) is 0.108. The first-order valence-electron chi connectivity index (χ1n) is 11.8. The van der Waals surface area contributed by atoms with E-state index in [1.807, 2.05) is 0 Å². The van der Waals surface area contributed by atoms with Gasteiger partial charge in [0.2, 0.25) is 0 Å². The minimum Gasteiger partial charge on any atom is -1.00 e. The summed E-state index contributed by atoms with van der Waals surface area (Å²) < 4.78 is 11.2. The van der Waals surface area contributed by atoms with Gasteiger partial charge in [0.1, 0.15) is 21.3 Å². The van der Waals surface area contributed by atoms with Crippen molar-refractivity contribution in [2.75, 3.05) is 35.5 Å². The van der Waals surface area contributed by atoms with E-state index < -0.39 is 10.9 Å². The summed E-state index contributed by atoms with van der Waals surface area (Å²) in [5.74, 6) is -1.14. The zero-order valence-electron chi connectivity index (χ0n) is 20.7. The molecule has 0 unspecified atom stereocenters. The Kier molecular flexibility index (Phi) is 22.5. The fraction of sp³-hybridized carbons (Fsp3) is 1.00. The van der Waals surface area contributed by atoms with Crippen LogP contribution in [0.5, 0.6) is 0 Å². The van der Waals surface area contributed by atoms with Crippen molar-refractivity contribution < 1.29 is 41.4 Å². The lowest BCUT2D eigenvalue weighted by Crippen LogP contribution is -3.00. The van der Waals surface area contributed by atoms with Gasteiger partial charge in [0.25, 0.3) is 0 Å². The predicted molar refractivity (Wildman–Crippen MR) is 118 cm³/mol. The van der Waals surface area contributed by atoms with Crippen molar-refractivity contribution >= 4 is 0 Å². The maximum Gasteiger partial charge on any atom is 0.415 e. The van der Waals surface area contributed by atoms with Crippen molar-refractivity contribution in [3.63, 3.8) is 0 Å². The summed E-state index contributed by atoms with van der Waals surface area (Å²) in [6.45, 7) is 2.28. The molecule has 30 heavy (non-hydrogen) atoms. The Labute approximate surface area is 192 Å². The molecular weight excluding hydrogens is 406 g/mol. The molecule has 0 saturated heterocycles. The second kappa shape index (κ2) is 20.9. The number of hydrogen-bond acceptors (Lipinski definition) is 5. The molecule has 0 aliphatic carbocycles. The average molecular weight is 456 g/mol. The highest BCUT2D eigenvalue weighted by atomic mass is 35.5. The molecule has 0 aromatic heterocycles. The van der Waals surface area contributed by atoms with Gasteiger partial charge in [0.15, 0.2) is 4.97 Å². The van der Waals surface area contributed by atoms with E-state index in [9.17, 15) is 0 Å². The molecule has 7 heteroatoms. The third-order valence-electron chi connectivity index (χ3n) is 5.87. The SMILES string of the molecule is CCCCCCCCCCCCCCCCCC(OC)(OC)[N+](OC)(OC)OC.[Cl-]. The second-order valence-electron chi connectivity index (χ2n) is 7.87. The van der Waals surface area contributed by atoms with E-state index in [2.05, 4.69) is 6.92 Å². The van der Waals surface area contributed by atoms with E-state index in [4.69, 9.17) is 24.0 Å². The lowest BCUT2D eigenvalue weighted by Gasteiger charge is -2.39. The number of rotatable bonds is 22. The highest BCUT2D eigenvalue weighted by Gasteiger charge is 2.59. The molecule has 6 nitrogen and oxygen atoms in total. The Balaban J connectivity index is 0. The predicted octanol–water partition coefficient (Wildman–Crippen LogP) is 3.70. The van der Waals surface area contributed by atoms with Crippen LogP contribution in [0.2, 0.25) is 0 Å². The lowest BCUT2D eigenvalue weighted by atomic mass is 10.0. The molecule has 0 radical (unpaired) electrons. The first-order valence-corrected chi connectivity index (χ1v) is 11.8. The Morgan fingerprint density at radius 1 is 0.500 bits per heavy atom. The second-order valence-corrected chi connectivity index (χ2v) is 7.87. The number of unbranched alkanes of at least 4 members (excludes halogenated alkanes) is 14. The van der Waals surface area contributed by atoms with Gasteiger partial charge in [-0.15, -0.1) is 14.5 Å². The van der Waals surface area contributed by atoms with Gasteiger partial charge in [0, 0.05) is 14.2 Å². The zero-order valence-corrected chi connectivity index (χ0v) is 21.4. The van der Waals surface area contributed by atoms with Crippen LogP contribution in [-0.4, -0.2) is 46.4 Å². The molecular formula is C23H50ClNO5. The zero-order chi connectivity index (χ0) is 21.8. The topological polar surface area (TPSA) is 46.2 Å². The van der Waals surface area contributed by atoms with Gasteiger partial charge in [-0.1, -0.05) is 96.8 Å². The van der Waals surface area contributed by atoms with Crippen LogP contribution < -0.4 is 12.4 Å². The van der Waals surface area contributed by atoms with Crippen LogP contribution in [0.15, 0.2) is 0 Å². The van der Waals surface area contributed by atoms with Crippen LogP contribution in [0, 0.1) is 0 Å². The number of hydrogen-bond donors (Lipinski definition) is 0. The van der Waals surface area contributed by atoms with Crippen LogP contribution in [0.3, 0.4) is 0 Å². The molecule has 0 heterocycles. The van der Waals surface area contributed by atoms with E-state index in [0.29, 0.717) is 6.42 Å². The smallest absolute Gasteiger partial charge is 0.415 e. The summed E-state index contributed by atoms with van der Waals surface area (Å²) in [4.78, 5) is 15.6. The molecule has 0 aliphatic heterocycles. The first kappa shape index (κ1) is 32.2. The van der Waals surface area contributed by atoms with Gasteiger partial charge < -0.3 is 12.4 Å². The summed E-state index contributed by atoms with van der Waals surface area (Å²) in [6, 6.07) is 0. The number of halogens is 1. The Hall–Kier alpha value is 0.0500. The molecule has 0 bridgehead atoms. The summed E-state index contributed by atoms with van der Waals surface area (Å²) in [5, 5.41) is 0. The van der Waals surface area contributed by atoms with Crippen LogP contribution in [0.4, 0.5) is 0 Å². The van der Waals surface area contributed by atoms with Gasteiger partial charge in [0.05, 0.1) is 6.42 Å². The molecule has 184 valence electrons. The van der Waals surface area contributed by atoms with Crippen molar-refractivity contribution in [2.45, 2.75) is 116 Å². The molecule has 0 aliphatic rings. The van der Waals surface area contributed by atoms with Crippen LogP contribution in [0.25, 0.3) is 0 Å². The average Bonchev–Trinajstić information content (AvgIpc) is 2.76. The summed E-state index contributed by atoms with van der Waals surface area (Å²) >= 11 is 0. The van der Waals surface area contributed by atoms with E-state index >= 15 is 0 Å². The fourth-order valence-corrected chi connectivity index (χ4v) is 4.01. The van der Waals surface area contributed by atoms with E-state index in [-0.39, 0.29) is 12.4 Å². The number of nitrogens with zero attached hydrogens (tertiary/aromatic N) is 1. The van der Waals surface area contributed by atoms with E-state index in [1.54, 1.807) is 14.2 Å². The number of hydroxylamine groups is 3. The van der Waals surface area contributed by atoms with Gasteiger partial charge in [-0.25, -0.2) is 0 Å². The van der Waals surface area contributed by atoms with Gasteiger partial charge in [-0.2, -0.15) is 0 Å². The van der Waals surface area contributed by atoms with Crippen molar-refractivity contribution in [1.29, 1.82) is 0 Å². The Morgan fingerprint density at radius 2 is 0.800 bits per heavy atom. The normalized spacial score (nSPS) is 12.2. The minimum absolute atomic E-state index is 0. The van der Waals surface area contributed by atoms with Crippen LogP contribution in [0.1, 0.15) is 110 Å². The van der Waals surface area contributed by atoms with E-state index in [0.717, 1.165) is 12.8 Å². The summed E-state index contributed by atoms with van der Waals surface area (Å²) in [6.07, 6.45) is 20.6. The van der Waals surface area contributed by atoms with Crippen LogP contribution in [-0.2, 0) is 24.0 Å². The van der Waals surface area contributed by atoms with Gasteiger partial charge >= 0.3 is 5.91 Å². The molecule has 0 saturated carbocycles. The van der Waals surface area contributed by atoms with Gasteiger partial charge in [-0.05, 0) is 6.42 Å². The van der Waals surface area contributed by atoms with Crippen LogP contribution >= 0.6 is 0 Å². The van der Waals surface area contributed by atoms with Crippen molar-refractivity contribution in [1.82, 2.24) is 0 Å². The third-order valence-corrected chi connectivity index (χ3v) is 5.87. The highest BCUT2D eigenvalue weighted by Crippen LogP contribution is 2.33.